The molecule has 0 aromatic carbocycles. The number of thiophene rings is 1. The standard InChI is InChI=1S/C10H15NOS/c1-3-11-10(8(2)12)7-9-5-4-6-13-9/h4-6,10-11H,3,7H2,1-2H3. The van der Waals surface area contributed by atoms with Crippen molar-refractivity contribution in [1.82, 2.24) is 5.32 Å². The van der Waals surface area contributed by atoms with Crippen LogP contribution in [0, 0.1) is 0 Å². The Balaban J connectivity index is 2.52. The summed E-state index contributed by atoms with van der Waals surface area (Å²) in [7, 11) is 0. The van der Waals surface area contributed by atoms with Crippen molar-refractivity contribution in [3.05, 3.63) is 22.4 Å². The molecule has 0 spiro atoms. The van der Waals surface area contributed by atoms with E-state index in [0.717, 1.165) is 13.0 Å². The molecule has 0 bridgehead atoms. The lowest BCUT2D eigenvalue weighted by Crippen LogP contribution is -2.36. The van der Waals surface area contributed by atoms with Crippen molar-refractivity contribution in [1.29, 1.82) is 0 Å². The van der Waals surface area contributed by atoms with Crippen molar-refractivity contribution < 1.29 is 4.79 Å². The molecule has 0 saturated carbocycles. The van der Waals surface area contributed by atoms with E-state index in [0.29, 0.717) is 0 Å². The molecule has 1 aromatic rings. The highest BCUT2D eigenvalue weighted by molar-refractivity contribution is 7.09. The Bertz CT molecular complexity index is 256. The molecular weight excluding hydrogens is 182 g/mol. The highest BCUT2D eigenvalue weighted by Crippen LogP contribution is 2.11. The van der Waals surface area contributed by atoms with Gasteiger partial charge < -0.3 is 5.32 Å². The number of hydrogen-bond donors (Lipinski definition) is 1. The van der Waals surface area contributed by atoms with Crippen molar-refractivity contribution in [2.24, 2.45) is 0 Å². The molecule has 0 saturated heterocycles. The van der Waals surface area contributed by atoms with E-state index >= 15 is 0 Å². The molecule has 13 heavy (non-hydrogen) atoms. The van der Waals surface area contributed by atoms with Gasteiger partial charge in [-0.3, -0.25) is 4.79 Å². The molecule has 2 nitrogen and oxygen atoms in total. The van der Waals surface area contributed by atoms with Crippen LogP contribution in [0.4, 0.5) is 0 Å². The number of hydrogen-bond acceptors (Lipinski definition) is 3. The van der Waals surface area contributed by atoms with E-state index in [9.17, 15) is 4.79 Å². The Kier molecular flexibility index (Phi) is 4.12. The maximum atomic E-state index is 11.2. The fraction of sp³-hybridized carbons (Fsp3) is 0.500. The second-order valence-corrected chi connectivity index (χ2v) is 4.04. The van der Waals surface area contributed by atoms with Gasteiger partial charge in [0.05, 0.1) is 6.04 Å². The van der Waals surface area contributed by atoms with Gasteiger partial charge in [0, 0.05) is 11.3 Å². The number of likely N-dealkylation sites (N-methyl/N-ethyl adjacent to an activating group) is 1. The maximum Gasteiger partial charge on any atom is 0.147 e. The lowest BCUT2D eigenvalue weighted by Gasteiger charge is -2.12. The molecule has 0 aliphatic rings. The highest BCUT2D eigenvalue weighted by atomic mass is 32.1. The quantitative estimate of drug-likeness (QED) is 0.780. The lowest BCUT2D eigenvalue weighted by atomic mass is 10.1. The third-order valence-electron chi connectivity index (χ3n) is 1.93. The first-order chi connectivity index (χ1) is 6.24. The molecule has 1 aromatic heterocycles. The van der Waals surface area contributed by atoms with Crippen LogP contribution in [-0.2, 0) is 11.2 Å². The first kappa shape index (κ1) is 10.4. The summed E-state index contributed by atoms with van der Waals surface area (Å²) in [6.45, 7) is 4.50. The average Bonchev–Trinajstić information content (AvgIpc) is 2.56. The zero-order valence-electron chi connectivity index (χ0n) is 8.04. The molecule has 0 amide bonds. The minimum absolute atomic E-state index is 0.0105. The molecular formula is C10H15NOS. The van der Waals surface area contributed by atoms with Gasteiger partial charge in [0.15, 0.2) is 0 Å². The second kappa shape index (κ2) is 5.14. The number of carbonyl (C=O) groups is 1. The van der Waals surface area contributed by atoms with E-state index in [1.165, 1.54) is 4.88 Å². The van der Waals surface area contributed by atoms with E-state index in [-0.39, 0.29) is 11.8 Å². The zero-order valence-corrected chi connectivity index (χ0v) is 8.86. The molecule has 1 rings (SSSR count). The number of nitrogens with one attached hydrogen (secondary N) is 1. The van der Waals surface area contributed by atoms with Gasteiger partial charge in [-0.2, -0.15) is 0 Å². The first-order valence-electron chi connectivity index (χ1n) is 4.50. The third kappa shape index (κ3) is 3.28. The Hall–Kier alpha value is -0.670. The summed E-state index contributed by atoms with van der Waals surface area (Å²) in [6.07, 6.45) is 0.820. The van der Waals surface area contributed by atoms with Crippen molar-refractivity contribution in [2.45, 2.75) is 26.3 Å². The second-order valence-electron chi connectivity index (χ2n) is 3.00. The van der Waals surface area contributed by atoms with E-state index in [4.69, 9.17) is 0 Å². The largest absolute Gasteiger partial charge is 0.307 e. The summed E-state index contributed by atoms with van der Waals surface area (Å²) >= 11 is 1.70. The molecule has 1 N–H and O–H groups in total. The Morgan fingerprint density at radius 3 is 2.92 bits per heavy atom. The van der Waals surface area contributed by atoms with Gasteiger partial charge in [0.1, 0.15) is 5.78 Å². The third-order valence-corrected chi connectivity index (χ3v) is 2.83. The number of carbonyl (C=O) groups excluding carboxylic acids is 1. The first-order valence-corrected chi connectivity index (χ1v) is 5.38. The minimum atomic E-state index is -0.0105. The molecule has 3 heteroatoms. The zero-order chi connectivity index (χ0) is 9.68. The Labute approximate surface area is 83.0 Å². The van der Waals surface area contributed by atoms with Crippen molar-refractivity contribution >= 4 is 17.1 Å². The molecule has 72 valence electrons. The number of Topliss-reactive ketones (excluding diaryl/α,β-unsaturated/α-hetero) is 1. The minimum Gasteiger partial charge on any atom is -0.307 e. The smallest absolute Gasteiger partial charge is 0.147 e. The van der Waals surface area contributed by atoms with Gasteiger partial charge in [-0.25, -0.2) is 0 Å². The Morgan fingerprint density at radius 1 is 1.69 bits per heavy atom. The summed E-state index contributed by atoms with van der Waals surface area (Å²) < 4.78 is 0. The van der Waals surface area contributed by atoms with Crippen LogP contribution in [0.25, 0.3) is 0 Å². The van der Waals surface area contributed by atoms with Gasteiger partial charge in [0.2, 0.25) is 0 Å². The topological polar surface area (TPSA) is 29.1 Å². The van der Waals surface area contributed by atoms with E-state index in [2.05, 4.69) is 11.4 Å². The summed E-state index contributed by atoms with van der Waals surface area (Å²) in [6, 6.07) is 4.07. The normalized spacial score (nSPS) is 12.8. The molecule has 0 radical (unpaired) electrons. The summed E-state index contributed by atoms with van der Waals surface area (Å²) in [5.74, 6) is 0.218. The highest BCUT2D eigenvalue weighted by Gasteiger charge is 2.13. The van der Waals surface area contributed by atoms with Gasteiger partial charge in [-0.1, -0.05) is 13.0 Å². The van der Waals surface area contributed by atoms with Crippen LogP contribution >= 0.6 is 11.3 Å². The van der Waals surface area contributed by atoms with Gasteiger partial charge in [0.25, 0.3) is 0 Å². The molecule has 0 aliphatic carbocycles. The summed E-state index contributed by atoms with van der Waals surface area (Å²) in [4.78, 5) is 12.5. The molecule has 1 heterocycles. The van der Waals surface area contributed by atoms with Crippen LogP contribution < -0.4 is 5.32 Å². The summed E-state index contributed by atoms with van der Waals surface area (Å²) in [5.41, 5.74) is 0. The fourth-order valence-corrected chi connectivity index (χ4v) is 1.99. The van der Waals surface area contributed by atoms with Crippen molar-refractivity contribution in [2.75, 3.05) is 6.54 Å². The lowest BCUT2D eigenvalue weighted by molar-refractivity contribution is -0.118. The van der Waals surface area contributed by atoms with Crippen LogP contribution in [0.3, 0.4) is 0 Å². The van der Waals surface area contributed by atoms with Crippen LogP contribution in [0.5, 0.6) is 0 Å². The van der Waals surface area contributed by atoms with Crippen molar-refractivity contribution in [3.63, 3.8) is 0 Å². The van der Waals surface area contributed by atoms with E-state index < -0.39 is 0 Å². The Morgan fingerprint density at radius 2 is 2.46 bits per heavy atom. The molecule has 0 aliphatic heterocycles. The van der Waals surface area contributed by atoms with Crippen LogP contribution in [0.1, 0.15) is 18.7 Å². The van der Waals surface area contributed by atoms with Crippen LogP contribution in [0.2, 0.25) is 0 Å². The van der Waals surface area contributed by atoms with E-state index in [1.54, 1.807) is 18.3 Å². The average molecular weight is 197 g/mol. The fourth-order valence-electron chi connectivity index (χ4n) is 1.24. The molecule has 0 fully saturated rings. The summed E-state index contributed by atoms with van der Waals surface area (Å²) in [5, 5.41) is 5.22. The maximum absolute atomic E-state index is 11.2. The predicted molar refractivity (Wildman–Crippen MR) is 56.2 cm³/mol. The van der Waals surface area contributed by atoms with Gasteiger partial charge in [-0.05, 0) is 24.9 Å². The number of rotatable bonds is 5. The van der Waals surface area contributed by atoms with Crippen molar-refractivity contribution in [3.8, 4) is 0 Å². The SMILES string of the molecule is CCNC(Cc1cccs1)C(C)=O. The molecule has 1 atom stereocenters. The number of ketones is 1. The monoisotopic (exact) mass is 197 g/mol. The van der Waals surface area contributed by atoms with E-state index in [1.807, 2.05) is 18.4 Å². The predicted octanol–water partition coefficient (Wildman–Crippen LogP) is 1.86. The van der Waals surface area contributed by atoms with Crippen LogP contribution in [-0.4, -0.2) is 18.4 Å². The molecule has 1 unspecified atom stereocenters. The van der Waals surface area contributed by atoms with Gasteiger partial charge >= 0.3 is 0 Å². The van der Waals surface area contributed by atoms with Crippen LogP contribution in [0.15, 0.2) is 17.5 Å². The van der Waals surface area contributed by atoms with Gasteiger partial charge in [-0.15, -0.1) is 11.3 Å².